The average molecular weight is 483 g/mol. The highest BCUT2D eigenvalue weighted by Crippen LogP contribution is 2.30. The molecule has 182 valence electrons. The van der Waals surface area contributed by atoms with Crippen molar-refractivity contribution in [2.45, 2.75) is 26.1 Å². The van der Waals surface area contributed by atoms with E-state index in [1.807, 2.05) is 25.1 Å². The lowest BCUT2D eigenvalue weighted by molar-refractivity contribution is -0.137. The summed E-state index contributed by atoms with van der Waals surface area (Å²) in [6.45, 7) is 1.87. The summed E-state index contributed by atoms with van der Waals surface area (Å²) in [5.41, 5.74) is 1.09. The molecule has 0 spiro atoms. The van der Waals surface area contributed by atoms with E-state index in [-0.39, 0.29) is 19.1 Å². The van der Waals surface area contributed by atoms with Gasteiger partial charge in [0.15, 0.2) is 18.0 Å². The van der Waals surface area contributed by atoms with Crippen LogP contribution in [-0.4, -0.2) is 28.9 Å². The lowest BCUT2D eigenvalue weighted by Gasteiger charge is -2.18. The number of benzene rings is 2. The maximum Gasteiger partial charge on any atom is 0.416 e. The summed E-state index contributed by atoms with van der Waals surface area (Å²) >= 11 is 0. The molecule has 0 aliphatic heterocycles. The van der Waals surface area contributed by atoms with Gasteiger partial charge < -0.3 is 9.47 Å². The molecule has 1 amide bonds. The summed E-state index contributed by atoms with van der Waals surface area (Å²) in [4.78, 5) is 19.0. The third kappa shape index (κ3) is 5.40. The first-order valence-electron chi connectivity index (χ1n) is 11.0. The topological polar surface area (TPSA) is 56.1 Å². The van der Waals surface area contributed by atoms with Crippen LogP contribution in [-0.2, 0) is 24.0 Å². The molecule has 0 atom stereocenters. The summed E-state index contributed by atoms with van der Waals surface area (Å²) in [5.74, 6) is 1.40. The zero-order chi connectivity index (χ0) is 25.0. The Labute approximate surface area is 200 Å². The van der Waals surface area contributed by atoms with Gasteiger partial charge in [0.1, 0.15) is 18.2 Å². The number of halogens is 3. The Morgan fingerprint density at radius 1 is 1.00 bits per heavy atom. The molecule has 0 fully saturated rings. The number of aryl methyl sites for hydroxylation is 1. The van der Waals surface area contributed by atoms with Crippen LogP contribution in [0.4, 0.5) is 19.0 Å². The fourth-order valence-corrected chi connectivity index (χ4v) is 3.61. The predicted octanol–water partition coefficient (Wildman–Crippen LogP) is 5.54. The number of nitrogens with zero attached hydrogens (tertiary/aromatic N) is 3. The van der Waals surface area contributed by atoms with Crippen molar-refractivity contribution < 1.29 is 27.4 Å². The number of ether oxygens (including phenoxy) is 2. The van der Waals surface area contributed by atoms with E-state index < -0.39 is 11.7 Å². The standard InChI is InChI=1S/C26H24F3N3O3/c1-3-21-25(31(2)23(33)17-34-20-8-5-4-6-9-20)32-15-7-10-22(24(32)30-21)35-16-18-11-13-19(14-12-18)26(27,28)29/h4-15H,3,16-17H2,1-2H3. The number of para-hydroxylation sites is 1. The van der Waals surface area contributed by atoms with Gasteiger partial charge in [0, 0.05) is 13.2 Å². The molecule has 0 saturated carbocycles. The molecule has 35 heavy (non-hydrogen) atoms. The van der Waals surface area contributed by atoms with Gasteiger partial charge in [-0.2, -0.15) is 13.2 Å². The second-order valence-corrected chi connectivity index (χ2v) is 7.84. The number of fused-ring (bicyclic) bond motifs is 1. The van der Waals surface area contributed by atoms with Crippen LogP contribution in [0.1, 0.15) is 23.7 Å². The van der Waals surface area contributed by atoms with Crippen molar-refractivity contribution >= 4 is 17.4 Å². The van der Waals surface area contributed by atoms with E-state index in [9.17, 15) is 18.0 Å². The lowest BCUT2D eigenvalue weighted by atomic mass is 10.1. The second kappa shape index (κ2) is 10.1. The van der Waals surface area contributed by atoms with Gasteiger partial charge in [-0.15, -0.1) is 0 Å². The third-order valence-corrected chi connectivity index (χ3v) is 5.47. The summed E-state index contributed by atoms with van der Waals surface area (Å²) in [6, 6.07) is 17.4. The molecule has 2 aromatic carbocycles. The first-order valence-corrected chi connectivity index (χ1v) is 11.0. The van der Waals surface area contributed by atoms with Gasteiger partial charge in [-0.3, -0.25) is 14.1 Å². The number of hydrogen-bond acceptors (Lipinski definition) is 4. The molecule has 2 heterocycles. The smallest absolute Gasteiger partial charge is 0.416 e. The molecule has 4 aromatic rings. The summed E-state index contributed by atoms with van der Waals surface area (Å²) in [7, 11) is 1.66. The average Bonchev–Trinajstić information content (AvgIpc) is 3.25. The molecule has 4 rings (SSSR count). The van der Waals surface area contributed by atoms with Gasteiger partial charge in [0.25, 0.3) is 5.91 Å². The van der Waals surface area contributed by atoms with E-state index in [0.29, 0.717) is 40.6 Å². The van der Waals surface area contributed by atoms with Gasteiger partial charge in [-0.25, -0.2) is 4.98 Å². The number of likely N-dealkylation sites (N-methyl/N-ethyl adjacent to an activating group) is 1. The van der Waals surface area contributed by atoms with Crippen LogP contribution < -0.4 is 14.4 Å². The Hall–Kier alpha value is -4.01. The Morgan fingerprint density at radius 3 is 2.37 bits per heavy atom. The quantitative estimate of drug-likeness (QED) is 0.330. The number of aromatic nitrogens is 2. The lowest BCUT2D eigenvalue weighted by Crippen LogP contribution is -2.32. The number of hydrogen-bond donors (Lipinski definition) is 0. The molecule has 0 N–H and O–H groups in total. The van der Waals surface area contributed by atoms with E-state index in [1.54, 1.807) is 41.9 Å². The van der Waals surface area contributed by atoms with Crippen molar-refractivity contribution in [1.29, 1.82) is 0 Å². The number of anilines is 1. The van der Waals surface area contributed by atoms with Crippen LogP contribution in [0.15, 0.2) is 72.9 Å². The Balaban J connectivity index is 1.53. The highest BCUT2D eigenvalue weighted by Gasteiger charge is 2.30. The number of rotatable bonds is 8. The number of carbonyl (C=O) groups excluding carboxylic acids is 1. The highest BCUT2D eigenvalue weighted by atomic mass is 19.4. The number of carbonyl (C=O) groups is 1. The van der Waals surface area contributed by atoms with E-state index in [0.717, 1.165) is 12.1 Å². The van der Waals surface area contributed by atoms with Crippen LogP contribution in [0, 0.1) is 0 Å². The van der Waals surface area contributed by atoms with Crippen LogP contribution in [0.5, 0.6) is 11.5 Å². The predicted molar refractivity (Wildman–Crippen MR) is 126 cm³/mol. The number of amides is 1. The number of alkyl halides is 3. The van der Waals surface area contributed by atoms with E-state index in [4.69, 9.17) is 9.47 Å². The second-order valence-electron chi connectivity index (χ2n) is 7.84. The molecule has 0 bridgehead atoms. The highest BCUT2D eigenvalue weighted by molar-refractivity contribution is 5.94. The molecule has 0 aliphatic carbocycles. The molecule has 9 heteroatoms. The molecular weight excluding hydrogens is 459 g/mol. The van der Waals surface area contributed by atoms with Crippen molar-refractivity contribution in [1.82, 2.24) is 9.38 Å². The summed E-state index contributed by atoms with van der Waals surface area (Å²) < 4.78 is 51.7. The first-order chi connectivity index (χ1) is 16.8. The molecule has 6 nitrogen and oxygen atoms in total. The SMILES string of the molecule is CCc1nc2c(OCc3ccc(C(F)(F)F)cc3)cccn2c1N(C)C(=O)COc1ccccc1. The zero-order valence-corrected chi connectivity index (χ0v) is 19.2. The molecule has 2 aromatic heterocycles. The zero-order valence-electron chi connectivity index (χ0n) is 19.2. The third-order valence-electron chi connectivity index (χ3n) is 5.47. The maximum absolute atomic E-state index is 12.9. The Kier molecular flexibility index (Phi) is 6.95. The van der Waals surface area contributed by atoms with Crippen molar-refractivity contribution in [3.8, 4) is 11.5 Å². The van der Waals surface area contributed by atoms with Gasteiger partial charge in [-0.1, -0.05) is 37.3 Å². The van der Waals surface area contributed by atoms with Gasteiger partial charge >= 0.3 is 6.18 Å². The molecule has 0 radical (unpaired) electrons. The summed E-state index contributed by atoms with van der Waals surface area (Å²) in [6.07, 6.45) is -2.03. The van der Waals surface area contributed by atoms with Crippen molar-refractivity contribution in [3.63, 3.8) is 0 Å². The number of pyridine rings is 1. The Bertz CT molecular complexity index is 1300. The largest absolute Gasteiger partial charge is 0.485 e. The van der Waals surface area contributed by atoms with Crippen LogP contribution >= 0.6 is 0 Å². The van der Waals surface area contributed by atoms with E-state index in [1.165, 1.54) is 17.0 Å². The maximum atomic E-state index is 12.9. The molecule has 0 aliphatic rings. The first kappa shape index (κ1) is 24.1. The van der Waals surface area contributed by atoms with Crippen LogP contribution in [0.3, 0.4) is 0 Å². The fraction of sp³-hybridized carbons (Fsp3) is 0.231. The van der Waals surface area contributed by atoms with Gasteiger partial charge in [0.2, 0.25) is 0 Å². The fourth-order valence-electron chi connectivity index (χ4n) is 3.61. The minimum absolute atomic E-state index is 0.0706. The molecule has 0 unspecified atom stereocenters. The molecular formula is C26H24F3N3O3. The van der Waals surface area contributed by atoms with Gasteiger partial charge in [0.05, 0.1) is 11.3 Å². The minimum atomic E-state index is -4.39. The van der Waals surface area contributed by atoms with Crippen molar-refractivity contribution in [3.05, 3.63) is 89.7 Å². The van der Waals surface area contributed by atoms with Crippen LogP contribution in [0.25, 0.3) is 5.65 Å². The van der Waals surface area contributed by atoms with Crippen molar-refractivity contribution in [2.75, 3.05) is 18.6 Å². The Morgan fingerprint density at radius 2 is 1.71 bits per heavy atom. The van der Waals surface area contributed by atoms with E-state index in [2.05, 4.69) is 4.98 Å². The molecule has 0 saturated heterocycles. The normalized spacial score (nSPS) is 11.5. The number of imidazole rings is 1. The van der Waals surface area contributed by atoms with Crippen LogP contribution in [0.2, 0.25) is 0 Å². The van der Waals surface area contributed by atoms with Gasteiger partial charge in [-0.05, 0) is 48.4 Å². The minimum Gasteiger partial charge on any atom is -0.485 e. The summed E-state index contributed by atoms with van der Waals surface area (Å²) in [5, 5.41) is 0. The van der Waals surface area contributed by atoms with E-state index >= 15 is 0 Å². The monoisotopic (exact) mass is 483 g/mol. The van der Waals surface area contributed by atoms with Crippen molar-refractivity contribution in [2.24, 2.45) is 0 Å².